The molecule has 0 aliphatic rings. The van der Waals surface area contributed by atoms with Crippen molar-refractivity contribution in [1.82, 2.24) is 24.7 Å². The van der Waals surface area contributed by atoms with E-state index in [1.807, 2.05) is 30.3 Å². The van der Waals surface area contributed by atoms with E-state index in [9.17, 15) is 0 Å². The van der Waals surface area contributed by atoms with Crippen molar-refractivity contribution in [3.63, 3.8) is 0 Å². The summed E-state index contributed by atoms with van der Waals surface area (Å²) in [4.78, 5) is 12.5. The SMILES string of the molecule is Clc1nc(-c2ccccc2)n(-c2ncccn2)n1. The molecule has 0 aliphatic heterocycles. The molecule has 5 nitrogen and oxygen atoms in total. The van der Waals surface area contributed by atoms with Crippen LogP contribution in [0.15, 0.2) is 48.8 Å². The van der Waals surface area contributed by atoms with Crippen LogP contribution < -0.4 is 0 Å². The lowest BCUT2D eigenvalue weighted by molar-refractivity contribution is 0.814. The fraction of sp³-hybridized carbons (Fsp3) is 0. The minimum Gasteiger partial charge on any atom is -0.220 e. The number of rotatable bonds is 2. The van der Waals surface area contributed by atoms with Gasteiger partial charge in [0.05, 0.1) is 0 Å². The number of hydrogen-bond acceptors (Lipinski definition) is 4. The van der Waals surface area contributed by atoms with Gasteiger partial charge in [-0.05, 0) is 17.7 Å². The van der Waals surface area contributed by atoms with Gasteiger partial charge < -0.3 is 0 Å². The molecule has 0 spiro atoms. The van der Waals surface area contributed by atoms with Crippen LogP contribution >= 0.6 is 11.6 Å². The Bertz CT molecular complexity index is 594. The first-order valence-corrected chi connectivity index (χ1v) is 5.68. The Labute approximate surface area is 108 Å². The van der Waals surface area contributed by atoms with Gasteiger partial charge in [0.15, 0.2) is 5.82 Å². The minimum absolute atomic E-state index is 0.168. The highest BCUT2D eigenvalue weighted by Gasteiger charge is 2.13. The van der Waals surface area contributed by atoms with Crippen molar-refractivity contribution in [3.05, 3.63) is 54.1 Å². The highest BCUT2D eigenvalue weighted by Crippen LogP contribution is 2.20. The van der Waals surface area contributed by atoms with Gasteiger partial charge >= 0.3 is 0 Å². The van der Waals surface area contributed by atoms with Crippen LogP contribution in [0.3, 0.4) is 0 Å². The average molecular weight is 258 g/mol. The van der Waals surface area contributed by atoms with E-state index in [1.165, 1.54) is 4.68 Å². The van der Waals surface area contributed by atoms with Gasteiger partial charge in [0, 0.05) is 18.0 Å². The summed E-state index contributed by atoms with van der Waals surface area (Å²) in [6.45, 7) is 0. The first kappa shape index (κ1) is 10.9. The summed E-state index contributed by atoms with van der Waals surface area (Å²) in [5.41, 5.74) is 0.907. The van der Waals surface area contributed by atoms with E-state index in [0.29, 0.717) is 11.8 Å². The van der Waals surface area contributed by atoms with Gasteiger partial charge in [0.25, 0.3) is 5.95 Å². The second kappa shape index (κ2) is 4.54. The second-order valence-electron chi connectivity index (χ2n) is 3.53. The van der Waals surface area contributed by atoms with Gasteiger partial charge in [0.2, 0.25) is 5.28 Å². The zero-order chi connectivity index (χ0) is 12.4. The third-order valence-corrected chi connectivity index (χ3v) is 2.51. The normalized spacial score (nSPS) is 10.5. The molecule has 0 atom stereocenters. The maximum Gasteiger partial charge on any atom is 0.252 e. The summed E-state index contributed by atoms with van der Waals surface area (Å²) in [5.74, 6) is 1.06. The highest BCUT2D eigenvalue weighted by atomic mass is 35.5. The zero-order valence-electron chi connectivity index (χ0n) is 9.23. The van der Waals surface area contributed by atoms with Crippen LogP contribution in [-0.2, 0) is 0 Å². The Hall–Kier alpha value is -2.27. The Balaban J connectivity index is 2.17. The highest BCUT2D eigenvalue weighted by molar-refractivity contribution is 6.28. The molecule has 0 saturated carbocycles. The van der Waals surface area contributed by atoms with Crippen molar-refractivity contribution >= 4 is 11.6 Å². The van der Waals surface area contributed by atoms with Crippen LogP contribution in [0.4, 0.5) is 0 Å². The lowest BCUT2D eigenvalue weighted by Gasteiger charge is -2.02. The maximum atomic E-state index is 5.87. The fourth-order valence-corrected chi connectivity index (χ4v) is 1.76. The average Bonchev–Trinajstić information content (AvgIpc) is 2.83. The topological polar surface area (TPSA) is 56.5 Å². The van der Waals surface area contributed by atoms with E-state index in [1.54, 1.807) is 18.5 Å². The molecule has 2 heterocycles. The minimum atomic E-state index is 0.168. The van der Waals surface area contributed by atoms with Crippen molar-refractivity contribution in [2.75, 3.05) is 0 Å². The van der Waals surface area contributed by atoms with Crippen LogP contribution in [0, 0.1) is 0 Å². The largest absolute Gasteiger partial charge is 0.252 e. The van der Waals surface area contributed by atoms with E-state index in [0.717, 1.165) is 5.56 Å². The Morgan fingerprint density at radius 3 is 2.39 bits per heavy atom. The van der Waals surface area contributed by atoms with Crippen molar-refractivity contribution in [3.8, 4) is 17.3 Å². The first-order valence-electron chi connectivity index (χ1n) is 5.30. The molecule has 2 aromatic heterocycles. The van der Waals surface area contributed by atoms with Crippen LogP contribution in [0.25, 0.3) is 17.3 Å². The van der Waals surface area contributed by atoms with Crippen LogP contribution in [0.5, 0.6) is 0 Å². The van der Waals surface area contributed by atoms with Crippen LogP contribution in [0.2, 0.25) is 5.28 Å². The summed E-state index contributed by atoms with van der Waals surface area (Å²) in [7, 11) is 0. The van der Waals surface area contributed by atoms with Crippen LogP contribution in [-0.4, -0.2) is 24.7 Å². The van der Waals surface area contributed by atoms with Crippen molar-refractivity contribution in [2.24, 2.45) is 0 Å². The zero-order valence-corrected chi connectivity index (χ0v) is 9.99. The molecule has 3 rings (SSSR count). The molecule has 0 unspecified atom stereocenters. The number of hydrogen-bond donors (Lipinski definition) is 0. The predicted molar refractivity (Wildman–Crippen MR) is 67.4 cm³/mol. The van der Waals surface area contributed by atoms with Gasteiger partial charge in [-0.2, -0.15) is 9.67 Å². The van der Waals surface area contributed by atoms with E-state index < -0.39 is 0 Å². The lowest BCUT2D eigenvalue weighted by Crippen LogP contribution is -2.04. The number of benzene rings is 1. The number of nitrogens with zero attached hydrogens (tertiary/aromatic N) is 5. The van der Waals surface area contributed by atoms with E-state index in [2.05, 4.69) is 20.1 Å². The molecule has 0 radical (unpaired) electrons. The summed E-state index contributed by atoms with van der Waals surface area (Å²) in [6.07, 6.45) is 3.29. The monoisotopic (exact) mass is 257 g/mol. The summed E-state index contributed by atoms with van der Waals surface area (Å²) >= 11 is 5.87. The molecule has 3 aromatic rings. The van der Waals surface area contributed by atoms with Crippen molar-refractivity contribution < 1.29 is 0 Å². The molecular formula is C12H8ClN5. The molecule has 18 heavy (non-hydrogen) atoms. The number of halogens is 1. The summed E-state index contributed by atoms with van der Waals surface area (Å²) in [6, 6.07) is 11.4. The molecular weight excluding hydrogens is 250 g/mol. The van der Waals surface area contributed by atoms with Crippen molar-refractivity contribution in [2.45, 2.75) is 0 Å². The molecule has 0 amide bonds. The standard InChI is InChI=1S/C12H8ClN5/c13-11-16-10(9-5-2-1-3-6-9)18(17-11)12-14-7-4-8-15-12/h1-8H. The molecule has 0 N–H and O–H groups in total. The third kappa shape index (κ3) is 1.96. The van der Waals surface area contributed by atoms with Crippen LogP contribution in [0.1, 0.15) is 0 Å². The van der Waals surface area contributed by atoms with Gasteiger partial charge in [-0.25, -0.2) is 9.97 Å². The molecule has 0 saturated heterocycles. The van der Waals surface area contributed by atoms with Gasteiger partial charge in [0.1, 0.15) is 0 Å². The molecule has 0 aliphatic carbocycles. The van der Waals surface area contributed by atoms with Crippen molar-refractivity contribution in [1.29, 1.82) is 0 Å². The smallest absolute Gasteiger partial charge is 0.220 e. The Kier molecular flexibility index (Phi) is 2.74. The molecule has 6 heteroatoms. The van der Waals surface area contributed by atoms with E-state index >= 15 is 0 Å². The molecule has 1 aromatic carbocycles. The van der Waals surface area contributed by atoms with Gasteiger partial charge in [-0.1, -0.05) is 30.3 Å². The Morgan fingerprint density at radius 2 is 1.67 bits per heavy atom. The summed E-state index contributed by atoms with van der Waals surface area (Å²) < 4.78 is 1.53. The van der Waals surface area contributed by atoms with Gasteiger partial charge in [-0.3, -0.25) is 0 Å². The Morgan fingerprint density at radius 1 is 0.944 bits per heavy atom. The second-order valence-corrected chi connectivity index (χ2v) is 3.87. The van der Waals surface area contributed by atoms with Gasteiger partial charge in [-0.15, -0.1) is 5.10 Å². The fourth-order valence-electron chi connectivity index (χ4n) is 1.60. The van der Waals surface area contributed by atoms with E-state index in [4.69, 9.17) is 11.6 Å². The first-order chi connectivity index (χ1) is 8.84. The third-order valence-electron chi connectivity index (χ3n) is 2.35. The molecule has 0 fully saturated rings. The predicted octanol–water partition coefficient (Wildman–Crippen LogP) is 2.38. The summed E-state index contributed by atoms with van der Waals surface area (Å²) in [5, 5.41) is 4.27. The maximum absolute atomic E-state index is 5.87. The lowest BCUT2D eigenvalue weighted by atomic mass is 10.2. The molecule has 0 bridgehead atoms. The van der Waals surface area contributed by atoms with E-state index in [-0.39, 0.29) is 5.28 Å². The quantitative estimate of drug-likeness (QED) is 0.707. The number of aromatic nitrogens is 5. The molecule has 88 valence electrons.